The van der Waals surface area contributed by atoms with Crippen molar-refractivity contribution in [2.75, 3.05) is 7.11 Å². The molecule has 2 rings (SSSR count). The van der Waals surface area contributed by atoms with E-state index in [1.165, 1.54) is 0 Å². The lowest BCUT2D eigenvalue weighted by Gasteiger charge is -2.32. The molecule has 3 heteroatoms. The van der Waals surface area contributed by atoms with Crippen molar-refractivity contribution in [1.82, 2.24) is 0 Å². The van der Waals surface area contributed by atoms with Crippen LogP contribution in [0.3, 0.4) is 0 Å². The first-order chi connectivity index (χ1) is 8.33. The van der Waals surface area contributed by atoms with Crippen LogP contribution in [-0.2, 0) is 10.3 Å². The largest absolute Gasteiger partial charge is 0.411 e. The van der Waals surface area contributed by atoms with Crippen molar-refractivity contribution >= 4 is 5.71 Å². The second kappa shape index (κ2) is 5.32. The molecule has 1 atom stereocenters. The number of oxime groups is 1. The van der Waals surface area contributed by atoms with Crippen LogP contribution in [0.25, 0.3) is 0 Å². The van der Waals surface area contributed by atoms with E-state index in [0.717, 1.165) is 43.4 Å². The molecule has 1 aliphatic carbocycles. The lowest BCUT2D eigenvalue weighted by molar-refractivity contribution is 0.0358. The van der Waals surface area contributed by atoms with Gasteiger partial charge in [-0.05, 0) is 31.2 Å². The van der Waals surface area contributed by atoms with Gasteiger partial charge in [0.05, 0.1) is 5.71 Å². The van der Waals surface area contributed by atoms with Crippen molar-refractivity contribution in [2.45, 2.75) is 37.7 Å². The second-order valence-electron chi connectivity index (χ2n) is 4.50. The Hall–Kier alpha value is -1.35. The average molecular weight is 233 g/mol. The van der Waals surface area contributed by atoms with Gasteiger partial charge in [-0.1, -0.05) is 41.9 Å². The van der Waals surface area contributed by atoms with Crippen LogP contribution < -0.4 is 0 Å². The van der Waals surface area contributed by atoms with Crippen molar-refractivity contribution in [2.24, 2.45) is 5.16 Å². The third kappa shape index (κ3) is 2.20. The van der Waals surface area contributed by atoms with Crippen LogP contribution in [0.4, 0.5) is 0 Å². The van der Waals surface area contributed by atoms with Crippen molar-refractivity contribution < 1.29 is 9.94 Å². The Morgan fingerprint density at radius 1 is 1.18 bits per heavy atom. The first-order valence-electron chi connectivity index (χ1n) is 6.15. The summed E-state index contributed by atoms with van der Waals surface area (Å²) in [7, 11) is 1.70. The van der Waals surface area contributed by atoms with E-state index >= 15 is 0 Å². The summed E-state index contributed by atoms with van der Waals surface area (Å²) in [5, 5.41) is 12.8. The molecule has 0 spiro atoms. The molecule has 1 aromatic carbocycles. The van der Waals surface area contributed by atoms with Gasteiger partial charge in [-0.3, -0.25) is 0 Å². The number of nitrogens with zero attached hydrogens (tertiary/aromatic N) is 1. The molecule has 0 radical (unpaired) electrons. The maximum absolute atomic E-state index is 9.25. The molecule has 0 bridgehead atoms. The highest BCUT2D eigenvalue weighted by Gasteiger charge is 2.38. The highest BCUT2D eigenvalue weighted by molar-refractivity contribution is 5.93. The minimum atomic E-state index is -0.535. The van der Waals surface area contributed by atoms with Crippen LogP contribution in [0.15, 0.2) is 35.5 Å². The minimum Gasteiger partial charge on any atom is -0.411 e. The molecular weight excluding hydrogens is 214 g/mol. The molecule has 0 heterocycles. The summed E-state index contributed by atoms with van der Waals surface area (Å²) in [5.41, 5.74) is 1.30. The van der Waals surface area contributed by atoms with E-state index in [2.05, 4.69) is 5.16 Å². The molecule has 92 valence electrons. The smallest absolute Gasteiger partial charge is 0.134 e. The van der Waals surface area contributed by atoms with E-state index in [4.69, 9.17) is 4.74 Å². The molecule has 0 saturated heterocycles. The topological polar surface area (TPSA) is 41.8 Å². The van der Waals surface area contributed by atoms with Gasteiger partial charge in [0.15, 0.2) is 0 Å². The predicted octanol–water partition coefficient (Wildman–Crippen LogP) is 3.32. The van der Waals surface area contributed by atoms with Crippen molar-refractivity contribution in [3.05, 3.63) is 35.9 Å². The van der Waals surface area contributed by atoms with Gasteiger partial charge in [0.25, 0.3) is 0 Å². The fourth-order valence-electron chi connectivity index (χ4n) is 2.68. The Morgan fingerprint density at radius 2 is 1.94 bits per heavy atom. The van der Waals surface area contributed by atoms with Gasteiger partial charge in [0.1, 0.15) is 5.60 Å². The van der Waals surface area contributed by atoms with Crippen molar-refractivity contribution in [1.29, 1.82) is 0 Å². The zero-order chi connectivity index (χ0) is 12.1. The number of ether oxygens (including phenoxy) is 1. The SMILES string of the molecule is COC1(c2ccccc2)CCCCCC1=NO. The van der Waals surface area contributed by atoms with Crippen LogP contribution in [0.2, 0.25) is 0 Å². The summed E-state index contributed by atoms with van der Waals surface area (Å²) in [6.07, 6.45) is 5.02. The molecule has 1 aromatic rings. The fraction of sp³-hybridized carbons (Fsp3) is 0.500. The van der Waals surface area contributed by atoms with E-state index < -0.39 is 5.60 Å². The Morgan fingerprint density at radius 3 is 2.59 bits per heavy atom. The van der Waals surface area contributed by atoms with Crippen LogP contribution in [0.5, 0.6) is 0 Å². The summed E-state index contributed by atoms with van der Waals surface area (Å²) < 4.78 is 5.76. The number of hydrogen-bond donors (Lipinski definition) is 1. The zero-order valence-electron chi connectivity index (χ0n) is 10.2. The molecule has 1 saturated carbocycles. The van der Waals surface area contributed by atoms with E-state index in [0.29, 0.717) is 0 Å². The quantitative estimate of drug-likeness (QED) is 0.483. The van der Waals surface area contributed by atoms with Gasteiger partial charge in [-0.25, -0.2) is 0 Å². The highest BCUT2D eigenvalue weighted by Crippen LogP contribution is 2.37. The van der Waals surface area contributed by atoms with Gasteiger partial charge >= 0.3 is 0 Å². The first-order valence-corrected chi connectivity index (χ1v) is 6.15. The van der Waals surface area contributed by atoms with Gasteiger partial charge in [-0.2, -0.15) is 0 Å². The first kappa shape index (κ1) is 12.1. The van der Waals surface area contributed by atoms with E-state index in [1.54, 1.807) is 7.11 Å². The predicted molar refractivity (Wildman–Crippen MR) is 67.4 cm³/mol. The molecular formula is C14H19NO2. The Bertz CT molecular complexity index is 388. The standard InChI is InChI=1S/C14H19NO2/c1-17-14(12-8-4-2-5-9-12)11-7-3-6-10-13(14)15-16/h2,4-5,8-9,16H,3,6-7,10-11H2,1H3. The summed E-state index contributed by atoms with van der Waals surface area (Å²) in [4.78, 5) is 0. The summed E-state index contributed by atoms with van der Waals surface area (Å²) >= 11 is 0. The van der Waals surface area contributed by atoms with Crippen molar-refractivity contribution in [3.8, 4) is 0 Å². The van der Waals surface area contributed by atoms with Gasteiger partial charge in [0.2, 0.25) is 0 Å². The number of benzene rings is 1. The maximum atomic E-state index is 9.25. The second-order valence-corrected chi connectivity index (χ2v) is 4.50. The minimum absolute atomic E-state index is 0.535. The summed E-state index contributed by atoms with van der Waals surface area (Å²) in [6, 6.07) is 10.1. The van der Waals surface area contributed by atoms with E-state index in [9.17, 15) is 5.21 Å². The Kier molecular flexibility index (Phi) is 3.79. The number of methoxy groups -OCH3 is 1. The van der Waals surface area contributed by atoms with Gasteiger partial charge in [0, 0.05) is 7.11 Å². The van der Waals surface area contributed by atoms with Gasteiger partial charge < -0.3 is 9.94 Å². The Balaban J connectivity index is 2.46. The maximum Gasteiger partial charge on any atom is 0.134 e. The van der Waals surface area contributed by atoms with Crippen LogP contribution in [0.1, 0.15) is 37.7 Å². The normalized spacial score (nSPS) is 27.9. The summed E-state index contributed by atoms with van der Waals surface area (Å²) in [6.45, 7) is 0. The molecule has 1 aliphatic rings. The zero-order valence-corrected chi connectivity index (χ0v) is 10.2. The monoisotopic (exact) mass is 233 g/mol. The third-order valence-electron chi connectivity index (χ3n) is 3.62. The number of rotatable bonds is 2. The van der Waals surface area contributed by atoms with Crippen LogP contribution >= 0.6 is 0 Å². The fourth-order valence-corrected chi connectivity index (χ4v) is 2.68. The van der Waals surface area contributed by atoms with Crippen LogP contribution in [-0.4, -0.2) is 18.0 Å². The Labute approximate surface area is 102 Å². The molecule has 17 heavy (non-hydrogen) atoms. The van der Waals surface area contributed by atoms with E-state index in [-0.39, 0.29) is 0 Å². The molecule has 1 unspecified atom stereocenters. The van der Waals surface area contributed by atoms with E-state index in [1.807, 2.05) is 30.3 Å². The molecule has 0 aromatic heterocycles. The molecule has 0 amide bonds. The van der Waals surface area contributed by atoms with Crippen molar-refractivity contribution in [3.63, 3.8) is 0 Å². The van der Waals surface area contributed by atoms with Crippen LogP contribution in [0, 0.1) is 0 Å². The number of hydrogen-bond acceptors (Lipinski definition) is 3. The third-order valence-corrected chi connectivity index (χ3v) is 3.62. The lowest BCUT2D eigenvalue weighted by Crippen LogP contribution is -2.37. The molecule has 0 aliphatic heterocycles. The molecule has 1 fully saturated rings. The van der Waals surface area contributed by atoms with Gasteiger partial charge in [-0.15, -0.1) is 0 Å². The highest BCUT2D eigenvalue weighted by atomic mass is 16.5. The molecule has 1 N–H and O–H groups in total. The molecule has 3 nitrogen and oxygen atoms in total. The summed E-state index contributed by atoms with van der Waals surface area (Å²) in [5.74, 6) is 0. The average Bonchev–Trinajstić information content (AvgIpc) is 2.62. The lowest BCUT2D eigenvalue weighted by atomic mass is 9.84.